The van der Waals surface area contributed by atoms with Gasteiger partial charge in [0, 0.05) is 18.3 Å². The van der Waals surface area contributed by atoms with Gasteiger partial charge in [0.2, 0.25) is 10.0 Å². The molecule has 2 rings (SSSR count). The van der Waals surface area contributed by atoms with Crippen molar-refractivity contribution in [3.05, 3.63) is 18.3 Å². The number of aromatic nitrogens is 1. The summed E-state index contributed by atoms with van der Waals surface area (Å²) in [5.74, 6) is -0.743. The van der Waals surface area contributed by atoms with Crippen LogP contribution in [0.25, 0.3) is 0 Å². The average molecular weight is 341 g/mol. The quantitative estimate of drug-likeness (QED) is 0.728. The normalized spacial score (nSPS) is 22.0. The molecule has 0 atom stereocenters. The van der Waals surface area contributed by atoms with Crippen LogP contribution in [0.5, 0.6) is 0 Å². The molecule has 8 heteroatoms. The minimum atomic E-state index is -3.63. The van der Waals surface area contributed by atoms with Gasteiger partial charge in [-0.3, -0.25) is 4.79 Å². The molecule has 0 spiro atoms. The Kier molecular flexibility index (Phi) is 5.59. The molecule has 0 aromatic carbocycles. The fourth-order valence-corrected chi connectivity index (χ4v) is 4.14. The first-order valence-electron chi connectivity index (χ1n) is 7.76. The lowest BCUT2D eigenvalue weighted by atomic mass is 9.86. The SMILES string of the molecule is CC(C)NS(=O)(=O)c1cccnc1NC1CCC(C(=O)O)CC1. The van der Waals surface area contributed by atoms with Gasteiger partial charge in [-0.15, -0.1) is 0 Å². The van der Waals surface area contributed by atoms with E-state index in [1.165, 1.54) is 6.07 Å². The number of nitrogens with one attached hydrogen (secondary N) is 2. The molecule has 0 aliphatic heterocycles. The van der Waals surface area contributed by atoms with Crippen LogP contribution in [0.2, 0.25) is 0 Å². The topological polar surface area (TPSA) is 108 Å². The van der Waals surface area contributed by atoms with Crippen molar-refractivity contribution < 1.29 is 18.3 Å². The Hall–Kier alpha value is -1.67. The number of nitrogens with zero attached hydrogens (tertiary/aromatic N) is 1. The molecule has 1 saturated carbocycles. The summed E-state index contributed by atoms with van der Waals surface area (Å²) in [4.78, 5) is 15.3. The smallest absolute Gasteiger partial charge is 0.306 e. The lowest BCUT2D eigenvalue weighted by Gasteiger charge is -2.27. The van der Waals surface area contributed by atoms with E-state index in [1.54, 1.807) is 26.1 Å². The van der Waals surface area contributed by atoms with Crippen molar-refractivity contribution in [3.63, 3.8) is 0 Å². The molecule has 1 aliphatic carbocycles. The molecule has 3 N–H and O–H groups in total. The zero-order valence-corrected chi connectivity index (χ0v) is 14.1. The second kappa shape index (κ2) is 7.27. The Morgan fingerprint density at radius 3 is 2.52 bits per heavy atom. The van der Waals surface area contributed by atoms with Crippen LogP contribution < -0.4 is 10.0 Å². The number of sulfonamides is 1. The van der Waals surface area contributed by atoms with Gasteiger partial charge in [-0.1, -0.05) is 0 Å². The van der Waals surface area contributed by atoms with E-state index in [9.17, 15) is 13.2 Å². The number of hydrogen-bond acceptors (Lipinski definition) is 5. The van der Waals surface area contributed by atoms with Gasteiger partial charge in [-0.25, -0.2) is 18.1 Å². The molecule has 0 radical (unpaired) electrons. The maximum atomic E-state index is 12.4. The zero-order valence-electron chi connectivity index (χ0n) is 13.3. The minimum Gasteiger partial charge on any atom is -0.481 e. The van der Waals surface area contributed by atoms with Crippen LogP contribution in [-0.2, 0) is 14.8 Å². The largest absolute Gasteiger partial charge is 0.481 e. The third kappa shape index (κ3) is 4.65. The molecule has 1 aliphatic rings. The van der Waals surface area contributed by atoms with Crippen LogP contribution in [0.15, 0.2) is 23.2 Å². The van der Waals surface area contributed by atoms with Gasteiger partial charge in [0.1, 0.15) is 10.7 Å². The highest BCUT2D eigenvalue weighted by Crippen LogP contribution is 2.28. The van der Waals surface area contributed by atoms with Crippen LogP contribution in [-0.4, -0.2) is 36.6 Å². The molecule has 1 fully saturated rings. The van der Waals surface area contributed by atoms with Crippen LogP contribution in [0.1, 0.15) is 39.5 Å². The minimum absolute atomic E-state index is 0.0356. The second-order valence-corrected chi connectivity index (χ2v) is 7.84. The monoisotopic (exact) mass is 341 g/mol. The van der Waals surface area contributed by atoms with E-state index in [0.29, 0.717) is 31.5 Å². The fourth-order valence-electron chi connectivity index (χ4n) is 2.77. The van der Waals surface area contributed by atoms with Crippen molar-refractivity contribution in [2.45, 2.75) is 56.5 Å². The van der Waals surface area contributed by atoms with Gasteiger partial charge in [0.15, 0.2) is 0 Å². The molecule has 0 bridgehead atoms. The fraction of sp³-hybridized carbons (Fsp3) is 0.600. The summed E-state index contributed by atoms with van der Waals surface area (Å²) in [6.45, 7) is 3.52. The predicted octanol–water partition coefficient (Wildman–Crippen LogP) is 1.82. The lowest BCUT2D eigenvalue weighted by Crippen LogP contribution is -2.33. The molecule has 1 heterocycles. The highest BCUT2D eigenvalue weighted by atomic mass is 32.2. The summed E-state index contributed by atoms with van der Waals surface area (Å²) < 4.78 is 27.3. The summed E-state index contributed by atoms with van der Waals surface area (Å²) in [5, 5.41) is 12.2. The molecule has 128 valence electrons. The lowest BCUT2D eigenvalue weighted by molar-refractivity contribution is -0.142. The van der Waals surface area contributed by atoms with Crippen molar-refractivity contribution in [2.75, 3.05) is 5.32 Å². The molecule has 0 amide bonds. The third-order valence-electron chi connectivity index (χ3n) is 3.87. The number of pyridine rings is 1. The summed E-state index contributed by atoms with van der Waals surface area (Å²) in [7, 11) is -3.63. The van der Waals surface area contributed by atoms with E-state index in [2.05, 4.69) is 15.0 Å². The molecule has 1 aromatic heterocycles. The Bertz CT molecular complexity index is 652. The van der Waals surface area contributed by atoms with Crippen molar-refractivity contribution in [2.24, 2.45) is 5.92 Å². The molecular formula is C15H23N3O4S. The zero-order chi connectivity index (χ0) is 17.0. The Labute approximate surface area is 136 Å². The van der Waals surface area contributed by atoms with Crippen molar-refractivity contribution in [3.8, 4) is 0 Å². The number of aliphatic carboxylic acids is 1. The number of carboxylic acids is 1. The summed E-state index contributed by atoms with van der Waals surface area (Å²) in [6.07, 6.45) is 4.09. The maximum absolute atomic E-state index is 12.4. The molecule has 0 unspecified atom stereocenters. The van der Waals surface area contributed by atoms with Crippen LogP contribution in [0.4, 0.5) is 5.82 Å². The number of carbonyl (C=O) groups is 1. The highest BCUT2D eigenvalue weighted by Gasteiger charge is 2.27. The summed E-state index contributed by atoms with van der Waals surface area (Å²) in [6, 6.07) is 2.93. The van der Waals surface area contributed by atoms with Gasteiger partial charge in [-0.05, 0) is 51.7 Å². The first-order chi connectivity index (χ1) is 10.8. The molecule has 1 aromatic rings. The second-order valence-electron chi connectivity index (χ2n) is 6.16. The van der Waals surface area contributed by atoms with Crippen LogP contribution in [0.3, 0.4) is 0 Å². The van der Waals surface area contributed by atoms with Gasteiger partial charge in [0.25, 0.3) is 0 Å². The highest BCUT2D eigenvalue weighted by molar-refractivity contribution is 7.89. The van der Waals surface area contributed by atoms with E-state index < -0.39 is 16.0 Å². The predicted molar refractivity (Wildman–Crippen MR) is 86.7 cm³/mol. The van der Waals surface area contributed by atoms with Gasteiger partial charge in [0.05, 0.1) is 5.92 Å². The van der Waals surface area contributed by atoms with Crippen molar-refractivity contribution in [1.29, 1.82) is 0 Å². The molecule has 0 saturated heterocycles. The van der Waals surface area contributed by atoms with Crippen molar-refractivity contribution >= 4 is 21.8 Å². The van der Waals surface area contributed by atoms with Gasteiger partial charge in [-0.2, -0.15) is 0 Å². The van der Waals surface area contributed by atoms with E-state index in [-0.39, 0.29) is 22.9 Å². The van der Waals surface area contributed by atoms with E-state index in [1.807, 2.05) is 0 Å². The number of rotatable bonds is 6. The number of hydrogen-bond donors (Lipinski definition) is 3. The number of carboxylic acid groups (broad SMARTS) is 1. The van der Waals surface area contributed by atoms with Crippen LogP contribution >= 0.6 is 0 Å². The molecular weight excluding hydrogens is 318 g/mol. The van der Waals surface area contributed by atoms with E-state index in [4.69, 9.17) is 5.11 Å². The summed E-state index contributed by atoms with van der Waals surface area (Å²) in [5.41, 5.74) is 0. The molecule has 7 nitrogen and oxygen atoms in total. The van der Waals surface area contributed by atoms with Gasteiger partial charge >= 0.3 is 5.97 Å². The van der Waals surface area contributed by atoms with Gasteiger partial charge < -0.3 is 10.4 Å². The Balaban J connectivity index is 2.11. The summed E-state index contributed by atoms with van der Waals surface area (Å²) >= 11 is 0. The molecule has 23 heavy (non-hydrogen) atoms. The Morgan fingerprint density at radius 1 is 1.30 bits per heavy atom. The first-order valence-corrected chi connectivity index (χ1v) is 9.24. The standard InChI is InChI=1S/C15H23N3O4S/c1-10(2)18-23(21,22)13-4-3-9-16-14(13)17-12-7-5-11(6-8-12)15(19)20/h3-4,9-12,18H,5-8H2,1-2H3,(H,16,17)(H,19,20). The first kappa shape index (κ1) is 17.7. The van der Waals surface area contributed by atoms with Crippen LogP contribution in [0, 0.1) is 5.92 Å². The number of anilines is 1. The Morgan fingerprint density at radius 2 is 1.96 bits per heavy atom. The van der Waals surface area contributed by atoms with E-state index >= 15 is 0 Å². The average Bonchev–Trinajstić information content (AvgIpc) is 2.47. The third-order valence-corrected chi connectivity index (χ3v) is 5.56. The van der Waals surface area contributed by atoms with E-state index in [0.717, 1.165) is 0 Å². The maximum Gasteiger partial charge on any atom is 0.306 e. The van der Waals surface area contributed by atoms with Crippen molar-refractivity contribution in [1.82, 2.24) is 9.71 Å².